The molecule has 0 fully saturated rings. The molecule has 0 amide bonds. The quantitative estimate of drug-likeness (QED) is 0.308. The number of aromatic hydroxyl groups is 1. The number of nitrogens with zero attached hydrogens (tertiary/aromatic N) is 1. The monoisotopic (exact) mass is 507 g/mol. The first-order chi connectivity index (χ1) is 16.9. The number of aromatic nitrogens is 1. The maximum absolute atomic E-state index is 13.8. The summed E-state index contributed by atoms with van der Waals surface area (Å²) in [6.45, 7) is 0. The third kappa shape index (κ3) is 4.00. The highest BCUT2D eigenvalue weighted by molar-refractivity contribution is 7.99. The average molecular weight is 508 g/mol. The summed E-state index contributed by atoms with van der Waals surface area (Å²) in [5.41, 5.74) is -0.293. The Bertz CT molecular complexity index is 1690. The Balaban J connectivity index is 1.85. The number of ether oxygens (including phenoxy) is 2. The largest absolute Gasteiger partial charge is 0.505 e. The van der Waals surface area contributed by atoms with Crippen LogP contribution >= 0.6 is 23.4 Å². The maximum atomic E-state index is 13.8. The van der Waals surface area contributed by atoms with E-state index in [-0.39, 0.29) is 15.9 Å². The minimum Gasteiger partial charge on any atom is -0.505 e. The summed E-state index contributed by atoms with van der Waals surface area (Å²) in [5.74, 6) is 0.678. The molecule has 176 valence electrons. The van der Waals surface area contributed by atoms with Crippen molar-refractivity contribution in [1.82, 2.24) is 4.57 Å². The maximum Gasteiger partial charge on any atom is 0.354 e. The molecule has 3 aromatic carbocycles. The molecule has 7 nitrogen and oxygen atoms in total. The number of hydrogen-bond donors (Lipinski definition) is 1. The fourth-order valence-electron chi connectivity index (χ4n) is 3.83. The van der Waals surface area contributed by atoms with Crippen LogP contribution in [-0.4, -0.2) is 23.9 Å². The summed E-state index contributed by atoms with van der Waals surface area (Å²) >= 11 is 6.94. The number of pyridine rings is 1. The van der Waals surface area contributed by atoms with Crippen LogP contribution in [0.2, 0.25) is 5.02 Å². The standard InChI is InChI=1S/C26H18ClNO6S/c1-32-16-7-5-15(6-8-16)28-20-12-9-17(33-2)13-19(20)23-21(25(28)30)22(29)24(26(31)34-23)35-18-10-3-14(27)4-11-18/h3-13,29H,1-2H3. The van der Waals surface area contributed by atoms with Crippen LogP contribution in [0.15, 0.2) is 90.5 Å². The third-order valence-electron chi connectivity index (χ3n) is 5.53. The molecule has 9 heteroatoms. The molecule has 0 spiro atoms. The summed E-state index contributed by atoms with van der Waals surface area (Å²) in [4.78, 5) is 27.3. The van der Waals surface area contributed by atoms with E-state index in [9.17, 15) is 14.7 Å². The number of halogens is 1. The lowest BCUT2D eigenvalue weighted by Gasteiger charge is -2.15. The van der Waals surface area contributed by atoms with Gasteiger partial charge in [0.1, 0.15) is 21.8 Å². The van der Waals surface area contributed by atoms with E-state index in [4.69, 9.17) is 25.5 Å². The van der Waals surface area contributed by atoms with Gasteiger partial charge in [-0.25, -0.2) is 4.79 Å². The first-order valence-corrected chi connectivity index (χ1v) is 11.6. The van der Waals surface area contributed by atoms with Gasteiger partial charge in [0.2, 0.25) is 0 Å². The smallest absolute Gasteiger partial charge is 0.354 e. The predicted octanol–water partition coefficient (Wildman–Crippen LogP) is 5.62. The van der Waals surface area contributed by atoms with Gasteiger partial charge in [-0.05, 0) is 66.7 Å². The molecule has 0 saturated heterocycles. The number of methoxy groups -OCH3 is 2. The van der Waals surface area contributed by atoms with Gasteiger partial charge in [-0.3, -0.25) is 9.36 Å². The molecule has 0 unspecified atom stereocenters. The second-order valence-corrected chi connectivity index (χ2v) is 9.07. The zero-order chi connectivity index (χ0) is 24.7. The molecular weight excluding hydrogens is 490 g/mol. The highest BCUT2D eigenvalue weighted by atomic mass is 35.5. The van der Waals surface area contributed by atoms with Crippen LogP contribution < -0.4 is 20.7 Å². The lowest BCUT2D eigenvalue weighted by Crippen LogP contribution is -2.20. The predicted molar refractivity (Wildman–Crippen MR) is 136 cm³/mol. The molecule has 1 N–H and O–H groups in total. The second-order valence-electron chi connectivity index (χ2n) is 7.55. The van der Waals surface area contributed by atoms with Crippen molar-refractivity contribution in [2.75, 3.05) is 14.2 Å². The minimum absolute atomic E-state index is 0.0170. The zero-order valence-electron chi connectivity index (χ0n) is 18.6. The molecule has 0 aliphatic rings. The fourth-order valence-corrected chi connectivity index (χ4v) is 4.79. The summed E-state index contributed by atoms with van der Waals surface area (Å²) < 4.78 is 17.7. The Morgan fingerprint density at radius 2 is 1.57 bits per heavy atom. The lowest BCUT2D eigenvalue weighted by atomic mass is 10.1. The van der Waals surface area contributed by atoms with Crippen LogP contribution in [0.25, 0.3) is 27.6 Å². The topological polar surface area (TPSA) is 90.9 Å². The Kier molecular flexibility index (Phi) is 5.92. The van der Waals surface area contributed by atoms with Crippen LogP contribution in [0.5, 0.6) is 17.2 Å². The molecule has 0 atom stereocenters. The van der Waals surface area contributed by atoms with Gasteiger partial charge in [0, 0.05) is 21.0 Å². The van der Waals surface area contributed by atoms with Gasteiger partial charge >= 0.3 is 5.63 Å². The molecule has 0 aliphatic carbocycles. The minimum atomic E-state index is -0.763. The molecule has 2 aromatic heterocycles. The first kappa shape index (κ1) is 22.9. The highest BCUT2D eigenvalue weighted by Gasteiger charge is 2.23. The number of hydrogen-bond acceptors (Lipinski definition) is 7. The summed E-state index contributed by atoms with van der Waals surface area (Å²) in [5, 5.41) is 12.1. The molecule has 0 bridgehead atoms. The van der Waals surface area contributed by atoms with Crippen LogP contribution in [0.3, 0.4) is 0 Å². The normalized spacial score (nSPS) is 11.2. The zero-order valence-corrected chi connectivity index (χ0v) is 20.1. The lowest BCUT2D eigenvalue weighted by molar-refractivity contribution is 0.414. The van der Waals surface area contributed by atoms with E-state index in [1.165, 1.54) is 11.7 Å². The van der Waals surface area contributed by atoms with Crippen molar-refractivity contribution in [3.05, 3.63) is 92.5 Å². The van der Waals surface area contributed by atoms with Gasteiger partial charge in [-0.1, -0.05) is 23.4 Å². The SMILES string of the molecule is COc1ccc(-n2c(=O)c3c(O)c(Sc4ccc(Cl)cc4)c(=O)oc3c3cc(OC)ccc32)cc1. The van der Waals surface area contributed by atoms with E-state index in [1.54, 1.807) is 73.8 Å². The van der Waals surface area contributed by atoms with Gasteiger partial charge in [0.25, 0.3) is 5.56 Å². The molecule has 0 aliphatic heterocycles. The second kappa shape index (κ2) is 9.05. The van der Waals surface area contributed by atoms with Gasteiger partial charge in [-0.2, -0.15) is 0 Å². The highest BCUT2D eigenvalue weighted by Crippen LogP contribution is 2.38. The average Bonchev–Trinajstić information content (AvgIpc) is 2.87. The van der Waals surface area contributed by atoms with Crippen molar-refractivity contribution < 1.29 is 19.0 Å². The van der Waals surface area contributed by atoms with Crippen molar-refractivity contribution in [3.8, 4) is 22.9 Å². The Morgan fingerprint density at radius 3 is 2.23 bits per heavy atom. The number of fused-ring (bicyclic) bond motifs is 3. The van der Waals surface area contributed by atoms with Gasteiger partial charge in [0.15, 0.2) is 11.3 Å². The molecule has 35 heavy (non-hydrogen) atoms. The molecular formula is C26H18ClNO6S. The fraction of sp³-hybridized carbons (Fsp3) is 0.0769. The van der Waals surface area contributed by atoms with Gasteiger partial charge in [0.05, 0.1) is 19.7 Å². The Morgan fingerprint density at radius 1 is 0.914 bits per heavy atom. The number of rotatable bonds is 5. The summed E-state index contributed by atoms with van der Waals surface area (Å²) in [7, 11) is 3.07. The summed E-state index contributed by atoms with van der Waals surface area (Å²) in [6.07, 6.45) is 0. The van der Waals surface area contributed by atoms with Crippen LogP contribution in [0, 0.1) is 0 Å². The van der Waals surface area contributed by atoms with Gasteiger partial charge < -0.3 is 19.0 Å². The van der Waals surface area contributed by atoms with Crippen molar-refractivity contribution in [1.29, 1.82) is 0 Å². The van der Waals surface area contributed by atoms with Crippen molar-refractivity contribution >= 4 is 45.2 Å². The molecule has 2 heterocycles. The number of benzene rings is 3. The van der Waals surface area contributed by atoms with Crippen LogP contribution in [-0.2, 0) is 0 Å². The van der Waals surface area contributed by atoms with Crippen molar-refractivity contribution in [2.24, 2.45) is 0 Å². The van der Waals surface area contributed by atoms with Crippen molar-refractivity contribution in [3.63, 3.8) is 0 Å². The van der Waals surface area contributed by atoms with Crippen LogP contribution in [0.4, 0.5) is 0 Å². The molecule has 5 aromatic rings. The third-order valence-corrected chi connectivity index (χ3v) is 6.85. The molecule has 0 saturated carbocycles. The Labute approximate surface area is 208 Å². The van der Waals surface area contributed by atoms with E-state index < -0.39 is 16.9 Å². The summed E-state index contributed by atoms with van der Waals surface area (Å²) in [6, 6.07) is 18.7. The Hall–Kier alpha value is -3.88. The van der Waals surface area contributed by atoms with E-state index in [1.807, 2.05) is 0 Å². The molecule has 0 radical (unpaired) electrons. The molecule has 5 rings (SSSR count). The van der Waals surface area contributed by atoms with Gasteiger partial charge in [-0.15, -0.1) is 0 Å². The van der Waals surface area contributed by atoms with Crippen LogP contribution in [0.1, 0.15) is 0 Å². The van der Waals surface area contributed by atoms with E-state index in [0.29, 0.717) is 38.0 Å². The van der Waals surface area contributed by atoms with Crippen molar-refractivity contribution in [2.45, 2.75) is 9.79 Å². The first-order valence-electron chi connectivity index (χ1n) is 10.4. The van der Waals surface area contributed by atoms with E-state index >= 15 is 0 Å². The van der Waals surface area contributed by atoms with E-state index in [0.717, 1.165) is 11.8 Å². The van der Waals surface area contributed by atoms with E-state index in [2.05, 4.69) is 0 Å².